The van der Waals surface area contributed by atoms with Crippen molar-refractivity contribution in [2.45, 2.75) is 12.3 Å². The molecular weight excluding hydrogens is 254 g/mol. The molecule has 18 heavy (non-hydrogen) atoms. The summed E-state index contributed by atoms with van der Waals surface area (Å²) in [6, 6.07) is 1.96. The maximum Gasteiger partial charge on any atom is 0.183 e. The van der Waals surface area contributed by atoms with Gasteiger partial charge >= 0.3 is 0 Å². The lowest BCUT2D eigenvalue weighted by Gasteiger charge is -2.19. The van der Waals surface area contributed by atoms with Crippen LogP contribution in [0.4, 0.5) is 0 Å². The summed E-state index contributed by atoms with van der Waals surface area (Å²) in [6.07, 6.45) is 1.07. The average molecular weight is 272 g/mol. The van der Waals surface area contributed by atoms with Crippen LogP contribution in [0.15, 0.2) is 6.07 Å². The first kappa shape index (κ1) is 13.3. The number of rotatable bonds is 4. The molecule has 4 nitrogen and oxygen atoms in total. The fourth-order valence-electron chi connectivity index (χ4n) is 2.38. The molecule has 2 rings (SSSR count). The third-order valence-corrected chi connectivity index (χ3v) is 3.64. The highest BCUT2D eigenvalue weighted by atomic mass is 35.5. The molecule has 1 heterocycles. The van der Waals surface area contributed by atoms with Crippen LogP contribution in [-0.4, -0.2) is 34.4 Å². The van der Waals surface area contributed by atoms with Crippen LogP contribution < -0.4 is 19.5 Å². The van der Waals surface area contributed by atoms with Crippen molar-refractivity contribution in [2.75, 3.05) is 34.4 Å². The van der Waals surface area contributed by atoms with Crippen LogP contribution in [-0.2, 0) is 0 Å². The Balaban J connectivity index is 2.53. The van der Waals surface area contributed by atoms with E-state index in [2.05, 4.69) is 5.32 Å². The number of hydrogen-bond donors (Lipinski definition) is 1. The highest BCUT2D eigenvalue weighted by Gasteiger charge is 2.26. The summed E-state index contributed by atoms with van der Waals surface area (Å²) in [6.45, 7) is 1.95. The van der Waals surface area contributed by atoms with Gasteiger partial charge in [0.25, 0.3) is 0 Å². The largest absolute Gasteiger partial charge is 0.495 e. The molecule has 1 N–H and O–H groups in total. The molecule has 1 aromatic rings. The minimum absolute atomic E-state index is 0.400. The zero-order chi connectivity index (χ0) is 13.1. The van der Waals surface area contributed by atoms with Gasteiger partial charge in [0.2, 0.25) is 0 Å². The quantitative estimate of drug-likeness (QED) is 0.913. The van der Waals surface area contributed by atoms with Gasteiger partial charge in [-0.2, -0.15) is 0 Å². The number of methoxy groups -OCH3 is 3. The van der Waals surface area contributed by atoms with Crippen LogP contribution in [0, 0.1) is 0 Å². The van der Waals surface area contributed by atoms with Gasteiger partial charge < -0.3 is 19.5 Å². The topological polar surface area (TPSA) is 39.7 Å². The van der Waals surface area contributed by atoms with E-state index in [4.69, 9.17) is 25.8 Å². The standard InChI is InChI=1S/C13H18ClNO3/c1-16-10-6-9(8-4-5-15-7-8)12(17-2)11(14)13(10)18-3/h6,8,15H,4-5,7H2,1-3H3. The minimum atomic E-state index is 0.400. The zero-order valence-corrected chi connectivity index (χ0v) is 11.6. The van der Waals surface area contributed by atoms with Gasteiger partial charge in [-0.3, -0.25) is 0 Å². The molecule has 0 saturated carbocycles. The number of ether oxygens (including phenoxy) is 3. The summed E-state index contributed by atoms with van der Waals surface area (Å²) in [4.78, 5) is 0. The van der Waals surface area contributed by atoms with Crippen LogP contribution in [0.3, 0.4) is 0 Å². The van der Waals surface area contributed by atoms with E-state index in [-0.39, 0.29) is 0 Å². The number of benzene rings is 1. The molecule has 1 atom stereocenters. The van der Waals surface area contributed by atoms with E-state index in [1.165, 1.54) is 0 Å². The van der Waals surface area contributed by atoms with Gasteiger partial charge in [0.15, 0.2) is 11.5 Å². The van der Waals surface area contributed by atoms with E-state index in [0.717, 1.165) is 25.1 Å². The fourth-order valence-corrected chi connectivity index (χ4v) is 2.74. The normalized spacial score (nSPS) is 18.8. The molecule has 1 unspecified atom stereocenters. The van der Waals surface area contributed by atoms with Crippen molar-refractivity contribution in [1.82, 2.24) is 5.32 Å². The molecule has 100 valence electrons. The Morgan fingerprint density at radius 2 is 1.89 bits per heavy atom. The van der Waals surface area contributed by atoms with Gasteiger partial charge in [0, 0.05) is 18.0 Å². The molecule has 1 aromatic carbocycles. The van der Waals surface area contributed by atoms with E-state index < -0.39 is 0 Å². The molecule has 1 aliphatic rings. The van der Waals surface area contributed by atoms with E-state index in [9.17, 15) is 0 Å². The molecule has 0 radical (unpaired) electrons. The van der Waals surface area contributed by atoms with Crippen molar-refractivity contribution >= 4 is 11.6 Å². The summed E-state index contributed by atoms with van der Waals surface area (Å²) >= 11 is 6.33. The van der Waals surface area contributed by atoms with Crippen molar-refractivity contribution in [2.24, 2.45) is 0 Å². The Morgan fingerprint density at radius 1 is 1.17 bits per heavy atom. The van der Waals surface area contributed by atoms with E-state index >= 15 is 0 Å². The third-order valence-electron chi connectivity index (χ3n) is 3.30. The second-order valence-electron chi connectivity index (χ2n) is 4.24. The first-order valence-corrected chi connectivity index (χ1v) is 6.29. The molecule has 0 aliphatic carbocycles. The van der Waals surface area contributed by atoms with Crippen LogP contribution >= 0.6 is 11.6 Å². The minimum Gasteiger partial charge on any atom is -0.495 e. The highest BCUT2D eigenvalue weighted by molar-refractivity contribution is 6.34. The molecular formula is C13H18ClNO3. The van der Waals surface area contributed by atoms with Crippen molar-refractivity contribution in [1.29, 1.82) is 0 Å². The number of halogens is 1. The summed E-state index contributed by atoms with van der Waals surface area (Å²) in [5.74, 6) is 2.25. The molecule has 0 bridgehead atoms. The van der Waals surface area contributed by atoms with Gasteiger partial charge in [0.05, 0.1) is 21.3 Å². The van der Waals surface area contributed by atoms with Gasteiger partial charge in [-0.25, -0.2) is 0 Å². The van der Waals surface area contributed by atoms with Crippen molar-refractivity contribution in [3.05, 3.63) is 16.7 Å². The van der Waals surface area contributed by atoms with Crippen LogP contribution in [0.2, 0.25) is 5.02 Å². The zero-order valence-electron chi connectivity index (χ0n) is 10.9. The van der Waals surface area contributed by atoms with Crippen molar-refractivity contribution in [3.8, 4) is 17.2 Å². The van der Waals surface area contributed by atoms with Crippen LogP contribution in [0.5, 0.6) is 17.2 Å². The predicted octanol–water partition coefficient (Wildman–Crippen LogP) is 2.44. The fraction of sp³-hybridized carbons (Fsp3) is 0.538. The number of nitrogens with one attached hydrogen (secondary N) is 1. The van der Waals surface area contributed by atoms with Crippen LogP contribution in [0.25, 0.3) is 0 Å². The Hall–Kier alpha value is -1.13. The molecule has 1 saturated heterocycles. The van der Waals surface area contributed by atoms with Gasteiger partial charge in [-0.15, -0.1) is 0 Å². The predicted molar refractivity (Wildman–Crippen MR) is 71.3 cm³/mol. The molecule has 1 fully saturated rings. The Labute approximate surface area is 112 Å². The summed E-state index contributed by atoms with van der Waals surface area (Å²) in [7, 11) is 4.80. The monoisotopic (exact) mass is 271 g/mol. The van der Waals surface area contributed by atoms with Gasteiger partial charge in [-0.05, 0) is 19.0 Å². The van der Waals surface area contributed by atoms with Crippen LogP contribution in [0.1, 0.15) is 17.9 Å². The first-order valence-electron chi connectivity index (χ1n) is 5.92. The highest BCUT2D eigenvalue weighted by Crippen LogP contribution is 2.47. The maximum absolute atomic E-state index is 6.33. The maximum atomic E-state index is 6.33. The second-order valence-corrected chi connectivity index (χ2v) is 4.62. The molecule has 5 heteroatoms. The van der Waals surface area contributed by atoms with Gasteiger partial charge in [-0.1, -0.05) is 11.6 Å². The summed E-state index contributed by atoms with van der Waals surface area (Å²) < 4.78 is 16.0. The molecule has 1 aliphatic heterocycles. The summed E-state index contributed by atoms with van der Waals surface area (Å²) in [5, 5.41) is 3.81. The molecule has 0 aromatic heterocycles. The van der Waals surface area contributed by atoms with E-state index in [1.54, 1.807) is 21.3 Å². The lowest BCUT2D eigenvalue weighted by molar-refractivity contribution is 0.347. The Morgan fingerprint density at radius 3 is 2.39 bits per heavy atom. The molecule has 0 spiro atoms. The second kappa shape index (κ2) is 5.67. The first-order chi connectivity index (χ1) is 8.72. The third kappa shape index (κ3) is 2.22. The van der Waals surface area contributed by atoms with E-state index in [1.807, 2.05) is 6.07 Å². The molecule has 0 amide bonds. The van der Waals surface area contributed by atoms with Gasteiger partial charge in [0.1, 0.15) is 10.8 Å². The lowest BCUT2D eigenvalue weighted by Crippen LogP contribution is -2.09. The van der Waals surface area contributed by atoms with Crippen molar-refractivity contribution < 1.29 is 14.2 Å². The number of hydrogen-bond acceptors (Lipinski definition) is 4. The average Bonchev–Trinajstić information content (AvgIpc) is 2.91. The Kier molecular flexibility index (Phi) is 4.19. The lowest BCUT2D eigenvalue weighted by atomic mass is 9.96. The van der Waals surface area contributed by atoms with Crippen molar-refractivity contribution in [3.63, 3.8) is 0 Å². The Bertz CT molecular complexity index is 431. The van der Waals surface area contributed by atoms with E-state index in [0.29, 0.717) is 28.2 Å². The SMILES string of the molecule is COc1cc(C2CCNC2)c(OC)c(Cl)c1OC. The smallest absolute Gasteiger partial charge is 0.183 e. The summed E-state index contributed by atoms with van der Waals surface area (Å²) in [5.41, 5.74) is 1.07.